The van der Waals surface area contributed by atoms with E-state index < -0.39 is 11.7 Å². The lowest BCUT2D eigenvalue weighted by molar-refractivity contribution is -0.137. The van der Waals surface area contributed by atoms with Crippen LogP contribution in [0.4, 0.5) is 13.2 Å². The van der Waals surface area contributed by atoms with E-state index in [0.717, 1.165) is 31.8 Å². The molecule has 0 aliphatic rings. The molecule has 1 rings (SSSR count). The van der Waals surface area contributed by atoms with Crippen LogP contribution in [0.5, 0.6) is 0 Å². The van der Waals surface area contributed by atoms with Gasteiger partial charge in [-0.15, -0.1) is 0 Å². The second-order valence-electron chi connectivity index (χ2n) is 4.84. The van der Waals surface area contributed by atoms with Gasteiger partial charge in [-0.05, 0) is 30.8 Å². The van der Waals surface area contributed by atoms with Gasteiger partial charge in [-0.2, -0.15) is 13.2 Å². The number of hydrogen-bond acceptors (Lipinski definition) is 3. The van der Waals surface area contributed by atoms with Crippen LogP contribution in [0, 0.1) is 0 Å². The molecule has 21 heavy (non-hydrogen) atoms. The first-order valence-corrected chi connectivity index (χ1v) is 7.16. The lowest BCUT2D eigenvalue weighted by atomic mass is 10.1. The van der Waals surface area contributed by atoms with Crippen LogP contribution in [0.25, 0.3) is 0 Å². The molecule has 0 bridgehead atoms. The van der Waals surface area contributed by atoms with Gasteiger partial charge in [-0.25, -0.2) is 0 Å². The van der Waals surface area contributed by atoms with Gasteiger partial charge in [-0.3, -0.25) is 0 Å². The topological polar surface area (TPSA) is 35.5 Å². The van der Waals surface area contributed by atoms with Crippen LogP contribution in [-0.4, -0.2) is 42.8 Å². The third kappa shape index (κ3) is 5.65. The van der Waals surface area contributed by atoms with E-state index in [4.69, 9.17) is 0 Å². The summed E-state index contributed by atoms with van der Waals surface area (Å²) in [6.45, 7) is 7.40. The van der Waals surface area contributed by atoms with E-state index in [9.17, 15) is 18.3 Å². The maximum absolute atomic E-state index is 12.5. The lowest BCUT2D eigenvalue weighted by Crippen LogP contribution is -2.34. The summed E-state index contributed by atoms with van der Waals surface area (Å²) in [7, 11) is 0. The van der Waals surface area contributed by atoms with Crippen LogP contribution >= 0.6 is 0 Å². The van der Waals surface area contributed by atoms with Crippen molar-refractivity contribution < 1.29 is 18.3 Å². The molecule has 0 aliphatic carbocycles. The molecular formula is C15H23F3N2O. The second-order valence-corrected chi connectivity index (χ2v) is 4.84. The Kier molecular flexibility index (Phi) is 7.14. The van der Waals surface area contributed by atoms with E-state index >= 15 is 0 Å². The molecule has 1 aromatic rings. The van der Waals surface area contributed by atoms with E-state index in [1.165, 1.54) is 12.1 Å². The molecule has 0 radical (unpaired) electrons. The number of aliphatic hydroxyl groups excluding tert-OH is 1. The summed E-state index contributed by atoms with van der Waals surface area (Å²) in [4.78, 5) is 2.23. The fraction of sp³-hybridized carbons (Fsp3) is 0.600. The SMILES string of the molecule is CCN(CC)CCNC(CO)c1ccc(C(F)(F)F)cc1. The average Bonchev–Trinajstić information content (AvgIpc) is 2.47. The van der Waals surface area contributed by atoms with Crippen LogP contribution in [0.3, 0.4) is 0 Å². The van der Waals surface area contributed by atoms with Crippen LogP contribution in [0.1, 0.15) is 31.0 Å². The summed E-state index contributed by atoms with van der Waals surface area (Å²) in [6, 6.07) is 4.57. The van der Waals surface area contributed by atoms with Crippen molar-refractivity contribution in [1.29, 1.82) is 0 Å². The molecule has 0 heterocycles. The molecule has 6 heteroatoms. The van der Waals surface area contributed by atoms with Crippen LogP contribution < -0.4 is 5.32 Å². The molecule has 0 aliphatic heterocycles. The van der Waals surface area contributed by atoms with Gasteiger partial charge in [0.25, 0.3) is 0 Å². The minimum Gasteiger partial charge on any atom is -0.394 e. The molecule has 0 amide bonds. The highest BCUT2D eigenvalue weighted by Crippen LogP contribution is 2.29. The Bertz CT molecular complexity index is 402. The molecule has 1 atom stereocenters. The first-order chi connectivity index (χ1) is 9.92. The lowest BCUT2D eigenvalue weighted by Gasteiger charge is -2.22. The maximum Gasteiger partial charge on any atom is 0.416 e. The number of nitrogens with one attached hydrogen (secondary N) is 1. The summed E-state index contributed by atoms with van der Waals surface area (Å²) in [6.07, 6.45) is -4.33. The zero-order chi connectivity index (χ0) is 15.9. The number of halogens is 3. The van der Waals surface area contributed by atoms with Crippen molar-refractivity contribution in [1.82, 2.24) is 10.2 Å². The van der Waals surface area contributed by atoms with Gasteiger partial charge in [0.15, 0.2) is 0 Å². The molecule has 0 saturated carbocycles. The number of alkyl halides is 3. The van der Waals surface area contributed by atoms with Crippen molar-refractivity contribution in [2.45, 2.75) is 26.1 Å². The summed E-state index contributed by atoms with van der Waals surface area (Å²) >= 11 is 0. The summed E-state index contributed by atoms with van der Waals surface area (Å²) < 4.78 is 37.5. The zero-order valence-electron chi connectivity index (χ0n) is 12.5. The molecule has 0 spiro atoms. The first-order valence-electron chi connectivity index (χ1n) is 7.16. The van der Waals surface area contributed by atoms with E-state index in [0.29, 0.717) is 12.1 Å². The van der Waals surface area contributed by atoms with Crippen LogP contribution in [-0.2, 0) is 6.18 Å². The van der Waals surface area contributed by atoms with Crippen molar-refractivity contribution in [3.63, 3.8) is 0 Å². The van der Waals surface area contributed by atoms with Gasteiger partial charge in [0.05, 0.1) is 18.2 Å². The van der Waals surface area contributed by atoms with Gasteiger partial charge in [-0.1, -0.05) is 26.0 Å². The fourth-order valence-corrected chi connectivity index (χ4v) is 2.13. The normalized spacial score (nSPS) is 13.7. The Morgan fingerprint density at radius 1 is 1.14 bits per heavy atom. The molecule has 1 aromatic carbocycles. The minimum atomic E-state index is -4.33. The molecule has 3 nitrogen and oxygen atoms in total. The van der Waals surface area contributed by atoms with Crippen molar-refractivity contribution in [3.8, 4) is 0 Å². The number of likely N-dealkylation sites (N-methyl/N-ethyl adjacent to an activating group) is 1. The highest BCUT2D eigenvalue weighted by atomic mass is 19.4. The monoisotopic (exact) mass is 304 g/mol. The first kappa shape index (κ1) is 17.9. The van der Waals surface area contributed by atoms with Crippen LogP contribution in [0.15, 0.2) is 24.3 Å². The molecule has 0 fully saturated rings. The molecule has 2 N–H and O–H groups in total. The highest BCUT2D eigenvalue weighted by Gasteiger charge is 2.30. The van der Waals surface area contributed by atoms with Gasteiger partial charge >= 0.3 is 6.18 Å². The zero-order valence-corrected chi connectivity index (χ0v) is 12.5. The number of benzene rings is 1. The fourth-order valence-electron chi connectivity index (χ4n) is 2.13. The average molecular weight is 304 g/mol. The maximum atomic E-state index is 12.5. The Balaban J connectivity index is 2.60. The summed E-state index contributed by atoms with van der Waals surface area (Å²) in [5.74, 6) is 0. The van der Waals surface area contributed by atoms with E-state index in [1.807, 2.05) is 0 Å². The van der Waals surface area contributed by atoms with Gasteiger partial charge in [0.2, 0.25) is 0 Å². The van der Waals surface area contributed by atoms with Crippen LogP contribution in [0.2, 0.25) is 0 Å². The minimum absolute atomic E-state index is 0.149. The predicted molar refractivity (Wildman–Crippen MR) is 77.1 cm³/mol. The van der Waals surface area contributed by atoms with E-state index in [2.05, 4.69) is 24.1 Å². The van der Waals surface area contributed by atoms with Crippen molar-refractivity contribution in [2.75, 3.05) is 32.8 Å². The van der Waals surface area contributed by atoms with E-state index in [-0.39, 0.29) is 12.6 Å². The van der Waals surface area contributed by atoms with E-state index in [1.54, 1.807) is 0 Å². The van der Waals surface area contributed by atoms with Gasteiger partial charge in [0, 0.05) is 13.1 Å². The largest absolute Gasteiger partial charge is 0.416 e. The Labute approximate surface area is 123 Å². The predicted octanol–water partition coefficient (Wildman–Crippen LogP) is 2.67. The number of rotatable bonds is 8. The quantitative estimate of drug-likeness (QED) is 0.775. The smallest absolute Gasteiger partial charge is 0.394 e. The number of aliphatic hydroxyl groups is 1. The third-order valence-electron chi connectivity index (χ3n) is 3.54. The molecule has 120 valence electrons. The number of nitrogens with zero attached hydrogens (tertiary/aromatic N) is 1. The third-order valence-corrected chi connectivity index (χ3v) is 3.54. The van der Waals surface area contributed by atoms with Crippen molar-refractivity contribution in [2.24, 2.45) is 0 Å². The van der Waals surface area contributed by atoms with Crippen molar-refractivity contribution >= 4 is 0 Å². The molecular weight excluding hydrogens is 281 g/mol. The molecule has 0 aromatic heterocycles. The van der Waals surface area contributed by atoms with Crippen molar-refractivity contribution in [3.05, 3.63) is 35.4 Å². The van der Waals surface area contributed by atoms with Gasteiger partial charge in [0.1, 0.15) is 0 Å². The number of hydrogen-bond donors (Lipinski definition) is 2. The summed E-state index contributed by atoms with van der Waals surface area (Å²) in [5, 5.41) is 12.6. The highest BCUT2D eigenvalue weighted by molar-refractivity contribution is 5.26. The molecule has 1 unspecified atom stereocenters. The summed E-state index contributed by atoms with van der Waals surface area (Å²) in [5.41, 5.74) is -0.0175. The molecule has 0 saturated heterocycles. The standard InChI is InChI=1S/C15H23F3N2O/c1-3-20(4-2)10-9-19-14(11-21)12-5-7-13(8-6-12)15(16,17)18/h5-8,14,19,21H,3-4,9-11H2,1-2H3. The Morgan fingerprint density at radius 2 is 1.71 bits per heavy atom. The van der Waals surface area contributed by atoms with Gasteiger partial charge < -0.3 is 15.3 Å². The Morgan fingerprint density at radius 3 is 2.14 bits per heavy atom. The second kappa shape index (κ2) is 8.36. The Hall–Kier alpha value is -1.11.